The molecular weight excluding hydrogens is 369 g/mol. The van der Waals surface area contributed by atoms with Crippen LogP contribution in [0.4, 0.5) is 4.39 Å². The van der Waals surface area contributed by atoms with Crippen LogP contribution in [0.25, 0.3) is 22.0 Å². The number of ether oxygens (including phenoxy) is 1. The van der Waals surface area contributed by atoms with Crippen molar-refractivity contribution in [3.05, 3.63) is 54.0 Å². The highest BCUT2D eigenvalue weighted by Gasteiger charge is 2.22. The summed E-state index contributed by atoms with van der Waals surface area (Å²) < 4.78 is 23.3. The Bertz CT molecular complexity index is 1030. The van der Waals surface area contributed by atoms with Crippen LogP contribution in [0, 0.1) is 5.82 Å². The molecule has 1 aliphatic carbocycles. The third kappa shape index (κ3) is 4.14. The van der Waals surface area contributed by atoms with E-state index < -0.39 is 11.8 Å². The van der Waals surface area contributed by atoms with Gasteiger partial charge >= 0.3 is 5.97 Å². The van der Waals surface area contributed by atoms with Gasteiger partial charge in [0.1, 0.15) is 0 Å². The van der Waals surface area contributed by atoms with Crippen LogP contribution in [0.3, 0.4) is 0 Å². The van der Waals surface area contributed by atoms with Crippen molar-refractivity contribution in [1.29, 1.82) is 0 Å². The van der Waals surface area contributed by atoms with Crippen LogP contribution in [0.15, 0.2) is 42.6 Å². The molecule has 0 radical (unpaired) electrons. The molecule has 1 aliphatic rings. The van der Waals surface area contributed by atoms with E-state index in [2.05, 4.69) is 29.7 Å². The van der Waals surface area contributed by atoms with Crippen molar-refractivity contribution < 1.29 is 19.0 Å². The molecule has 29 heavy (non-hydrogen) atoms. The second-order valence-electron chi connectivity index (χ2n) is 7.75. The number of carbonyl (C=O) groups is 1. The second kappa shape index (κ2) is 8.27. The molecule has 0 spiro atoms. The Morgan fingerprint density at radius 2 is 2.00 bits per heavy atom. The first kappa shape index (κ1) is 19.5. The second-order valence-corrected chi connectivity index (χ2v) is 7.75. The van der Waals surface area contributed by atoms with E-state index in [4.69, 9.17) is 9.84 Å². The molecular formula is C24H26FNO3. The molecule has 0 unspecified atom stereocenters. The fraction of sp³-hybridized carbons (Fsp3) is 0.375. The largest absolute Gasteiger partial charge is 0.487 e. The van der Waals surface area contributed by atoms with Gasteiger partial charge in [-0.1, -0.05) is 6.07 Å². The van der Waals surface area contributed by atoms with Gasteiger partial charge in [-0.2, -0.15) is 0 Å². The third-order valence-corrected chi connectivity index (χ3v) is 5.74. The molecule has 1 fully saturated rings. The minimum absolute atomic E-state index is 0.0277. The maximum absolute atomic E-state index is 15.1. The Morgan fingerprint density at radius 1 is 1.21 bits per heavy atom. The molecule has 3 aromatic rings. The Balaban J connectivity index is 1.77. The average molecular weight is 395 g/mol. The van der Waals surface area contributed by atoms with Crippen LogP contribution in [-0.2, 0) is 17.8 Å². The molecule has 1 N–H and O–H groups in total. The zero-order valence-corrected chi connectivity index (χ0v) is 16.7. The van der Waals surface area contributed by atoms with Crippen molar-refractivity contribution in [3.63, 3.8) is 0 Å². The number of nitrogens with zero attached hydrogens (tertiary/aromatic N) is 1. The van der Waals surface area contributed by atoms with Crippen LogP contribution in [0.5, 0.6) is 5.75 Å². The highest BCUT2D eigenvalue weighted by atomic mass is 19.1. The summed E-state index contributed by atoms with van der Waals surface area (Å²) >= 11 is 0. The molecule has 0 bridgehead atoms. The molecule has 1 saturated carbocycles. The molecule has 4 rings (SSSR count). The minimum Gasteiger partial charge on any atom is -0.487 e. The lowest BCUT2D eigenvalue weighted by atomic mass is 9.98. The van der Waals surface area contributed by atoms with Gasteiger partial charge in [-0.25, -0.2) is 4.39 Å². The summed E-state index contributed by atoms with van der Waals surface area (Å²) in [5, 5.41) is 10.1. The molecule has 2 aromatic carbocycles. The summed E-state index contributed by atoms with van der Waals surface area (Å²) in [6.07, 6.45) is 6.45. The number of aryl methyl sites for hydroxylation is 2. The minimum atomic E-state index is -0.888. The van der Waals surface area contributed by atoms with Crippen LogP contribution in [-0.4, -0.2) is 21.7 Å². The number of halogens is 1. The Kier molecular flexibility index (Phi) is 5.56. The Hall–Kier alpha value is -2.82. The molecule has 0 amide bonds. The highest BCUT2D eigenvalue weighted by molar-refractivity contribution is 5.87. The topological polar surface area (TPSA) is 51.5 Å². The first-order valence-corrected chi connectivity index (χ1v) is 10.4. The standard InChI is InChI=1S/C24H26FNO3/c1-2-26-12-11-18-15-17(8-9-22(18)26)20-13-16(7-10-23(27)28)14-21(25)24(20)29-19-5-3-4-6-19/h8-9,11-15,19H,2-7,10H2,1H3,(H,27,28). The number of aliphatic carboxylic acids is 1. The SMILES string of the molecule is CCn1ccc2cc(-c3cc(CCC(=O)O)cc(F)c3OC3CCCC3)ccc21. The summed E-state index contributed by atoms with van der Waals surface area (Å²) in [5.74, 6) is -1.02. The maximum atomic E-state index is 15.1. The zero-order chi connectivity index (χ0) is 20.4. The van der Waals surface area contributed by atoms with Crippen molar-refractivity contribution in [3.8, 4) is 16.9 Å². The molecule has 0 saturated heterocycles. The van der Waals surface area contributed by atoms with Gasteiger partial charge in [-0.3, -0.25) is 4.79 Å². The van der Waals surface area contributed by atoms with E-state index >= 15 is 4.39 Å². The summed E-state index contributed by atoms with van der Waals surface area (Å²) in [6, 6.07) is 11.5. The Labute approximate surface area is 169 Å². The lowest BCUT2D eigenvalue weighted by Crippen LogP contribution is -2.13. The molecule has 1 heterocycles. The zero-order valence-electron chi connectivity index (χ0n) is 16.7. The van der Waals surface area contributed by atoms with Gasteiger partial charge < -0.3 is 14.4 Å². The third-order valence-electron chi connectivity index (χ3n) is 5.74. The molecule has 152 valence electrons. The molecule has 5 heteroatoms. The number of benzene rings is 2. The fourth-order valence-corrected chi connectivity index (χ4v) is 4.20. The molecule has 0 atom stereocenters. The van der Waals surface area contributed by atoms with Gasteiger partial charge in [-0.15, -0.1) is 0 Å². The van der Waals surface area contributed by atoms with Crippen LogP contribution in [0.2, 0.25) is 0 Å². The normalized spacial score (nSPS) is 14.6. The molecule has 0 aliphatic heterocycles. The first-order valence-electron chi connectivity index (χ1n) is 10.4. The smallest absolute Gasteiger partial charge is 0.303 e. The van der Waals surface area contributed by atoms with Gasteiger partial charge in [-0.05, 0) is 80.5 Å². The van der Waals surface area contributed by atoms with E-state index in [1.54, 1.807) is 0 Å². The number of rotatable bonds is 7. The van der Waals surface area contributed by atoms with Gasteiger partial charge in [0.15, 0.2) is 11.6 Å². The van der Waals surface area contributed by atoms with E-state index in [1.165, 1.54) is 6.07 Å². The number of aromatic nitrogens is 1. The predicted octanol–water partition coefficient (Wildman–Crippen LogP) is 5.81. The summed E-state index contributed by atoms with van der Waals surface area (Å²) in [7, 11) is 0. The van der Waals surface area contributed by atoms with E-state index in [0.29, 0.717) is 11.1 Å². The predicted molar refractivity (Wildman–Crippen MR) is 112 cm³/mol. The molecule has 4 nitrogen and oxygen atoms in total. The fourth-order valence-electron chi connectivity index (χ4n) is 4.20. The van der Waals surface area contributed by atoms with E-state index in [0.717, 1.165) is 48.7 Å². The summed E-state index contributed by atoms with van der Waals surface area (Å²) in [6.45, 7) is 2.99. The van der Waals surface area contributed by atoms with E-state index in [-0.39, 0.29) is 24.7 Å². The first-order chi connectivity index (χ1) is 14.0. The number of hydrogen-bond acceptors (Lipinski definition) is 2. The lowest BCUT2D eigenvalue weighted by molar-refractivity contribution is -0.136. The van der Waals surface area contributed by atoms with E-state index in [1.807, 2.05) is 18.3 Å². The van der Waals surface area contributed by atoms with Crippen molar-refractivity contribution in [2.24, 2.45) is 0 Å². The van der Waals surface area contributed by atoms with Gasteiger partial charge in [0.25, 0.3) is 0 Å². The molecule has 1 aromatic heterocycles. The number of carboxylic acid groups (broad SMARTS) is 1. The highest BCUT2D eigenvalue weighted by Crippen LogP contribution is 2.38. The number of hydrogen-bond donors (Lipinski definition) is 1. The van der Waals surface area contributed by atoms with Crippen LogP contribution in [0.1, 0.15) is 44.6 Å². The van der Waals surface area contributed by atoms with Crippen molar-refractivity contribution in [1.82, 2.24) is 4.57 Å². The quantitative estimate of drug-likeness (QED) is 0.549. The van der Waals surface area contributed by atoms with Crippen molar-refractivity contribution >= 4 is 16.9 Å². The van der Waals surface area contributed by atoms with Crippen LogP contribution >= 0.6 is 0 Å². The summed E-state index contributed by atoms with van der Waals surface area (Å²) in [4.78, 5) is 11.0. The average Bonchev–Trinajstić information content (AvgIpc) is 3.36. The Morgan fingerprint density at radius 3 is 2.72 bits per heavy atom. The van der Waals surface area contributed by atoms with Gasteiger partial charge in [0, 0.05) is 35.6 Å². The van der Waals surface area contributed by atoms with Gasteiger partial charge in [0.05, 0.1) is 6.10 Å². The summed E-state index contributed by atoms with van der Waals surface area (Å²) in [5.41, 5.74) is 3.39. The number of carboxylic acids is 1. The van der Waals surface area contributed by atoms with Crippen LogP contribution < -0.4 is 4.74 Å². The monoisotopic (exact) mass is 395 g/mol. The maximum Gasteiger partial charge on any atom is 0.303 e. The van der Waals surface area contributed by atoms with Crippen molar-refractivity contribution in [2.75, 3.05) is 0 Å². The van der Waals surface area contributed by atoms with Gasteiger partial charge in [0.2, 0.25) is 0 Å². The lowest BCUT2D eigenvalue weighted by Gasteiger charge is -2.19. The van der Waals surface area contributed by atoms with E-state index in [9.17, 15) is 4.79 Å². The number of fused-ring (bicyclic) bond motifs is 1. The van der Waals surface area contributed by atoms with Crippen molar-refractivity contribution in [2.45, 2.75) is 58.1 Å².